The van der Waals surface area contributed by atoms with Crippen LogP contribution in [0.3, 0.4) is 0 Å². The van der Waals surface area contributed by atoms with Crippen LogP contribution in [0.15, 0.2) is 18.2 Å². The van der Waals surface area contributed by atoms with Crippen molar-refractivity contribution in [3.05, 3.63) is 34.9 Å². The Hall–Kier alpha value is -1.35. The van der Waals surface area contributed by atoms with E-state index in [1.54, 1.807) is 11.9 Å². The van der Waals surface area contributed by atoms with Crippen molar-refractivity contribution in [3.8, 4) is 0 Å². The lowest BCUT2D eigenvalue weighted by atomic mass is 10.1. The monoisotopic (exact) mass is 247 g/mol. The van der Waals surface area contributed by atoms with E-state index in [9.17, 15) is 9.90 Å². The van der Waals surface area contributed by atoms with Gasteiger partial charge in [0, 0.05) is 19.2 Å². The summed E-state index contributed by atoms with van der Waals surface area (Å²) in [5.74, 6) is 0.390. The molecule has 0 aromatic heterocycles. The van der Waals surface area contributed by atoms with Crippen molar-refractivity contribution in [3.63, 3.8) is 0 Å². The highest BCUT2D eigenvalue weighted by atomic mass is 16.3. The Bertz CT molecular complexity index is 432. The van der Waals surface area contributed by atoms with Crippen LogP contribution in [0, 0.1) is 19.8 Å². The first-order valence-corrected chi connectivity index (χ1v) is 6.49. The molecule has 1 aliphatic carbocycles. The lowest BCUT2D eigenvalue weighted by Crippen LogP contribution is -2.35. The van der Waals surface area contributed by atoms with Gasteiger partial charge in [0.1, 0.15) is 0 Å². The van der Waals surface area contributed by atoms with E-state index in [0.717, 1.165) is 24.0 Å². The van der Waals surface area contributed by atoms with Gasteiger partial charge in [-0.25, -0.2) is 0 Å². The third-order valence-electron chi connectivity index (χ3n) is 3.44. The number of nitrogens with zero attached hydrogens (tertiary/aromatic N) is 1. The molecule has 1 atom stereocenters. The summed E-state index contributed by atoms with van der Waals surface area (Å²) in [7, 11) is 1.76. The third-order valence-corrected chi connectivity index (χ3v) is 3.44. The molecule has 2 rings (SSSR count). The first kappa shape index (κ1) is 13.1. The molecule has 0 aliphatic heterocycles. The first-order valence-electron chi connectivity index (χ1n) is 6.49. The molecule has 0 spiro atoms. The molecular weight excluding hydrogens is 226 g/mol. The molecule has 0 heterocycles. The van der Waals surface area contributed by atoms with E-state index in [0.29, 0.717) is 18.0 Å². The average Bonchev–Trinajstić information content (AvgIpc) is 3.10. The van der Waals surface area contributed by atoms with Crippen LogP contribution in [0.4, 0.5) is 0 Å². The highest BCUT2D eigenvalue weighted by molar-refractivity contribution is 5.94. The number of amides is 1. The number of likely N-dealkylation sites (N-methyl/N-ethyl adjacent to an activating group) is 1. The highest BCUT2D eigenvalue weighted by Gasteiger charge is 2.31. The zero-order valence-electron chi connectivity index (χ0n) is 11.3. The molecule has 1 aliphatic rings. The van der Waals surface area contributed by atoms with Crippen LogP contribution >= 0.6 is 0 Å². The maximum atomic E-state index is 12.2. The van der Waals surface area contributed by atoms with Gasteiger partial charge in [0.15, 0.2) is 0 Å². The number of aliphatic hydroxyl groups excluding tert-OH is 1. The zero-order valence-corrected chi connectivity index (χ0v) is 11.3. The normalized spacial score (nSPS) is 16.4. The van der Waals surface area contributed by atoms with E-state index in [1.807, 2.05) is 26.0 Å². The number of hydrogen-bond donors (Lipinski definition) is 1. The molecule has 1 aromatic carbocycles. The van der Waals surface area contributed by atoms with Crippen LogP contribution in [0.1, 0.15) is 34.3 Å². The quantitative estimate of drug-likeness (QED) is 0.885. The number of carbonyl (C=O) groups is 1. The molecule has 3 heteroatoms. The standard InChI is InChI=1S/C15H21NO2/c1-10-6-11(2)8-13(7-10)15(18)16(3)9-14(17)12-4-5-12/h6-8,12,14,17H,4-5,9H2,1-3H3. The number of benzene rings is 1. The summed E-state index contributed by atoms with van der Waals surface area (Å²) in [6.45, 7) is 4.40. The summed E-state index contributed by atoms with van der Waals surface area (Å²) >= 11 is 0. The van der Waals surface area contributed by atoms with Gasteiger partial charge in [0.2, 0.25) is 0 Å². The van der Waals surface area contributed by atoms with Gasteiger partial charge < -0.3 is 10.0 Å². The second-order valence-electron chi connectivity index (χ2n) is 5.47. The summed E-state index contributed by atoms with van der Waals surface area (Å²) in [5.41, 5.74) is 2.89. The number of aliphatic hydroxyl groups is 1. The first-order chi connectivity index (χ1) is 8.47. The maximum absolute atomic E-state index is 12.2. The van der Waals surface area contributed by atoms with Gasteiger partial charge in [-0.1, -0.05) is 17.2 Å². The van der Waals surface area contributed by atoms with E-state index < -0.39 is 0 Å². The van der Waals surface area contributed by atoms with Gasteiger partial charge in [-0.05, 0) is 44.7 Å². The molecular formula is C15H21NO2. The van der Waals surface area contributed by atoms with E-state index in [2.05, 4.69) is 6.07 Å². The Labute approximate surface area is 108 Å². The summed E-state index contributed by atoms with van der Waals surface area (Å²) in [6.07, 6.45) is 1.81. The van der Waals surface area contributed by atoms with Crippen LogP contribution in [0.25, 0.3) is 0 Å². The predicted octanol–water partition coefficient (Wildman–Crippen LogP) is 2.15. The van der Waals surface area contributed by atoms with Crippen molar-refractivity contribution in [2.24, 2.45) is 5.92 Å². The molecule has 18 heavy (non-hydrogen) atoms. The fraction of sp³-hybridized carbons (Fsp3) is 0.533. The molecule has 0 saturated heterocycles. The van der Waals surface area contributed by atoms with Gasteiger partial charge >= 0.3 is 0 Å². The summed E-state index contributed by atoms with van der Waals surface area (Å²) < 4.78 is 0. The molecule has 0 bridgehead atoms. The second kappa shape index (κ2) is 5.11. The fourth-order valence-electron chi connectivity index (χ4n) is 2.31. The zero-order chi connectivity index (χ0) is 13.3. The number of rotatable bonds is 4. The Morgan fingerprint density at radius 2 is 1.89 bits per heavy atom. The summed E-state index contributed by atoms with van der Waals surface area (Å²) in [6, 6.07) is 5.85. The molecule has 0 radical (unpaired) electrons. The van der Waals surface area contributed by atoms with Crippen molar-refractivity contribution in [2.45, 2.75) is 32.8 Å². The van der Waals surface area contributed by atoms with E-state index in [-0.39, 0.29) is 12.0 Å². The molecule has 1 unspecified atom stereocenters. The maximum Gasteiger partial charge on any atom is 0.253 e. The van der Waals surface area contributed by atoms with Crippen molar-refractivity contribution in [2.75, 3.05) is 13.6 Å². The second-order valence-corrected chi connectivity index (χ2v) is 5.47. The lowest BCUT2D eigenvalue weighted by Gasteiger charge is -2.21. The van der Waals surface area contributed by atoms with E-state index in [1.165, 1.54) is 0 Å². The van der Waals surface area contributed by atoms with Gasteiger partial charge in [-0.15, -0.1) is 0 Å². The molecule has 1 amide bonds. The minimum atomic E-state index is -0.371. The molecule has 1 N–H and O–H groups in total. The van der Waals surface area contributed by atoms with Crippen LogP contribution in [0.5, 0.6) is 0 Å². The molecule has 1 saturated carbocycles. The fourth-order valence-corrected chi connectivity index (χ4v) is 2.31. The van der Waals surface area contributed by atoms with Crippen LogP contribution in [0.2, 0.25) is 0 Å². The average molecular weight is 247 g/mol. The van der Waals surface area contributed by atoms with Crippen LogP contribution in [-0.4, -0.2) is 35.6 Å². The van der Waals surface area contributed by atoms with Crippen LogP contribution < -0.4 is 0 Å². The molecule has 98 valence electrons. The Balaban J connectivity index is 2.04. The van der Waals surface area contributed by atoms with Gasteiger partial charge in [-0.2, -0.15) is 0 Å². The van der Waals surface area contributed by atoms with E-state index >= 15 is 0 Å². The third kappa shape index (κ3) is 3.10. The number of aryl methyl sites for hydroxylation is 2. The largest absolute Gasteiger partial charge is 0.391 e. The molecule has 3 nitrogen and oxygen atoms in total. The Morgan fingerprint density at radius 1 is 1.33 bits per heavy atom. The highest BCUT2D eigenvalue weighted by Crippen LogP contribution is 2.32. The van der Waals surface area contributed by atoms with Crippen molar-refractivity contribution >= 4 is 5.91 Å². The Kier molecular flexibility index (Phi) is 3.71. The van der Waals surface area contributed by atoms with Crippen molar-refractivity contribution < 1.29 is 9.90 Å². The van der Waals surface area contributed by atoms with E-state index in [4.69, 9.17) is 0 Å². The summed E-state index contributed by atoms with van der Waals surface area (Å²) in [4.78, 5) is 13.9. The predicted molar refractivity (Wildman–Crippen MR) is 71.6 cm³/mol. The van der Waals surface area contributed by atoms with Crippen molar-refractivity contribution in [1.82, 2.24) is 4.90 Å². The summed E-state index contributed by atoms with van der Waals surface area (Å²) in [5, 5.41) is 9.87. The molecule has 1 fully saturated rings. The minimum absolute atomic E-state index is 0.0125. The van der Waals surface area contributed by atoms with Crippen LogP contribution in [-0.2, 0) is 0 Å². The van der Waals surface area contributed by atoms with Gasteiger partial charge in [0.25, 0.3) is 5.91 Å². The van der Waals surface area contributed by atoms with Crippen molar-refractivity contribution in [1.29, 1.82) is 0 Å². The topological polar surface area (TPSA) is 40.5 Å². The smallest absolute Gasteiger partial charge is 0.253 e. The number of carbonyl (C=O) groups excluding carboxylic acids is 1. The SMILES string of the molecule is Cc1cc(C)cc(C(=O)N(C)CC(O)C2CC2)c1. The number of hydrogen-bond acceptors (Lipinski definition) is 2. The van der Waals surface area contributed by atoms with Gasteiger partial charge in [0.05, 0.1) is 6.10 Å². The lowest BCUT2D eigenvalue weighted by molar-refractivity contribution is 0.0645. The molecule has 1 aromatic rings. The Morgan fingerprint density at radius 3 is 2.39 bits per heavy atom. The van der Waals surface area contributed by atoms with Gasteiger partial charge in [-0.3, -0.25) is 4.79 Å². The minimum Gasteiger partial charge on any atom is -0.391 e.